The average molecular weight is 224 g/mol. The molecule has 17 heavy (non-hydrogen) atoms. The van der Waals surface area contributed by atoms with Gasteiger partial charge in [-0.15, -0.1) is 0 Å². The van der Waals surface area contributed by atoms with Gasteiger partial charge in [0.25, 0.3) is 0 Å². The molecule has 3 heteroatoms. The first-order chi connectivity index (χ1) is 8.36. The third-order valence-corrected chi connectivity index (χ3v) is 2.71. The van der Waals surface area contributed by atoms with E-state index < -0.39 is 0 Å². The molecule has 3 nitrogen and oxygen atoms in total. The molecule has 0 radical (unpaired) electrons. The van der Waals surface area contributed by atoms with Crippen molar-refractivity contribution >= 4 is 10.9 Å². The summed E-state index contributed by atoms with van der Waals surface area (Å²) in [6.45, 7) is 0.410. The lowest BCUT2D eigenvalue weighted by Crippen LogP contribution is -1.92. The van der Waals surface area contributed by atoms with E-state index in [0.29, 0.717) is 6.54 Å². The van der Waals surface area contributed by atoms with E-state index >= 15 is 0 Å². The zero-order chi connectivity index (χ0) is 11.7. The van der Waals surface area contributed by atoms with Gasteiger partial charge in [0.1, 0.15) is 11.5 Å². The number of rotatable bonds is 2. The maximum absolute atomic E-state index is 5.58. The molecule has 0 saturated carbocycles. The summed E-state index contributed by atoms with van der Waals surface area (Å²) in [4.78, 5) is 4.56. The van der Waals surface area contributed by atoms with Crippen molar-refractivity contribution in [2.24, 2.45) is 5.73 Å². The first kappa shape index (κ1) is 10.1. The average Bonchev–Trinajstić information content (AvgIpc) is 2.87. The summed E-state index contributed by atoms with van der Waals surface area (Å²) in [5, 5.41) is 1.13. The Labute approximate surface area is 98.9 Å². The molecule has 0 amide bonds. The highest BCUT2D eigenvalue weighted by molar-refractivity contribution is 5.80. The number of pyridine rings is 1. The molecule has 1 aromatic carbocycles. The number of nitrogens with two attached hydrogens (primary N) is 1. The Morgan fingerprint density at radius 1 is 1.00 bits per heavy atom. The Morgan fingerprint density at radius 2 is 1.88 bits per heavy atom. The van der Waals surface area contributed by atoms with Crippen LogP contribution in [0, 0.1) is 0 Å². The lowest BCUT2D eigenvalue weighted by molar-refractivity contribution is 0.524. The van der Waals surface area contributed by atoms with Gasteiger partial charge in [-0.25, -0.2) is 4.98 Å². The number of hydrogen-bond donors (Lipinski definition) is 1. The molecule has 0 aliphatic rings. The van der Waals surface area contributed by atoms with Gasteiger partial charge >= 0.3 is 0 Å². The highest BCUT2D eigenvalue weighted by atomic mass is 16.3. The minimum absolute atomic E-state index is 0.410. The fraction of sp³-hybridized carbons (Fsp3) is 0.0714. The third-order valence-electron chi connectivity index (χ3n) is 2.71. The van der Waals surface area contributed by atoms with E-state index in [0.717, 1.165) is 28.1 Å². The number of fused-ring (bicyclic) bond motifs is 1. The van der Waals surface area contributed by atoms with Crippen LogP contribution < -0.4 is 5.73 Å². The quantitative estimate of drug-likeness (QED) is 0.728. The predicted molar refractivity (Wildman–Crippen MR) is 67.3 cm³/mol. The van der Waals surface area contributed by atoms with Crippen LogP contribution in [0.1, 0.15) is 5.76 Å². The van der Waals surface area contributed by atoms with Crippen LogP contribution in [0.15, 0.2) is 52.9 Å². The van der Waals surface area contributed by atoms with Crippen molar-refractivity contribution in [1.82, 2.24) is 4.98 Å². The van der Waals surface area contributed by atoms with Crippen molar-refractivity contribution < 1.29 is 4.42 Å². The van der Waals surface area contributed by atoms with E-state index in [-0.39, 0.29) is 0 Å². The molecule has 0 aliphatic heterocycles. The van der Waals surface area contributed by atoms with Crippen LogP contribution in [0.25, 0.3) is 22.4 Å². The summed E-state index contributed by atoms with van der Waals surface area (Å²) >= 11 is 0. The maximum atomic E-state index is 5.58. The molecular formula is C14H12N2O. The van der Waals surface area contributed by atoms with Crippen LogP contribution in [0.3, 0.4) is 0 Å². The van der Waals surface area contributed by atoms with E-state index in [1.165, 1.54) is 0 Å². The Bertz CT molecular complexity index is 658. The van der Waals surface area contributed by atoms with Crippen molar-refractivity contribution in [3.05, 3.63) is 54.3 Å². The van der Waals surface area contributed by atoms with Crippen molar-refractivity contribution in [1.29, 1.82) is 0 Å². The van der Waals surface area contributed by atoms with Gasteiger partial charge in [0.15, 0.2) is 5.76 Å². The molecule has 0 unspecified atom stereocenters. The highest BCUT2D eigenvalue weighted by Crippen LogP contribution is 2.22. The summed E-state index contributed by atoms with van der Waals surface area (Å²) in [6.07, 6.45) is 0. The van der Waals surface area contributed by atoms with Crippen molar-refractivity contribution in [2.45, 2.75) is 6.54 Å². The van der Waals surface area contributed by atoms with E-state index in [4.69, 9.17) is 10.2 Å². The monoisotopic (exact) mass is 224 g/mol. The lowest BCUT2D eigenvalue weighted by atomic mass is 10.2. The van der Waals surface area contributed by atoms with Crippen molar-refractivity contribution in [3.8, 4) is 11.5 Å². The minimum Gasteiger partial charge on any atom is -0.458 e. The van der Waals surface area contributed by atoms with Crippen LogP contribution in [-0.4, -0.2) is 4.98 Å². The molecule has 0 fully saturated rings. The Morgan fingerprint density at radius 3 is 2.71 bits per heavy atom. The summed E-state index contributed by atoms with van der Waals surface area (Å²) in [5.74, 6) is 1.53. The van der Waals surface area contributed by atoms with Gasteiger partial charge in [-0.1, -0.05) is 24.3 Å². The van der Waals surface area contributed by atoms with E-state index in [1.54, 1.807) is 0 Å². The van der Waals surface area contributed by atoms with E-state index in [1.807, 2.05) is 48.5 Å². The fourth-order valence-corrected chi connectivity index (χ4v) is 1.83. The summed E-state index contributed by atoms with van der Waals surface area (Å²) < 4.78 is 5.58. The number of furan rings is 1. The van der Waals surface area contributed by atoms with Gasteiger partial charge in [-0.3, -0.25) is 0 Å². The number of para-hydroxylation sites is 1. The normalized spacial score (nSPS) is 10.9. The molecule has 3 aromatic rings. The topological polar surface area (TPSA) is 52.0 Å². The molecule has 3 rings (SSSR count). The van der Waals surface area contributed by atoms with Gasteiger partial charge in [0.2, 0.25) is 0 Å². The third kappa shape index (κ3) is 1.81. The Balaban J connectivity index is 2.11. The SMILES string of the molecule is NCc1ccc(-c2ccc3ccccc3n2)o1. The fourth-order valence-electron chi connectivity index (χ4n) is 1.83. The first-order valence-electron chi connectivity index (χ1n) is 5.52. The second-order valence-corrected chi connectivity index (χ2v) is 3.86. The minimum atomic E-state index is 0.410. The van der Waals surface area contributed by atoms with Crippen molar-refractivity contribution in [3.63, 3.8) is 0 Å². The number of benzene rings is 1. The van der Waals surface area contributed by atoms with Gasteiger partial charge in [-0.2, -0.15) is 0 Å². The van der Waals surface area contributed by atoms with Gasteiger partial charge < -0.3 is 10.2 Å². The van der Waals surface area contributed by atoms with E-state index in [9.17, 15) is 0 Å². The second-order valence-electron chi connectivity index (χ2n) is 3.86. The second kappa shape index (κ2) is 4.03. The lowest BCUT2D eigenvalue weighted by Gasteiger charge is -2.00. The zero-order valence-electron chi connectivity index (χ0n) is 9.26. The number of hydrogen-bond acceptors (Lipinski definition) is 3. The summed E-state index contributed by atoms with van der Waals surface area (Å²) in [7, 11) is 0. The Kier molecular flexibility index (Phi) is 2.38. The smallest absolute Gasteiger partial charge is 0.152 e. The molecule has 2 N–H and O–H groups in total. The first-order valence-corrected chi connectivity index (χ1v) is 5.52. The van der Waals surface area contributed by atoms with Crippen LogP contribution in [-0.2, 0) is 6.54 Å². The maximum Gasteiger partial charge on any atom is 0.152 e. The highest BCUT2D eigenvalue weighted by Gasteiger charge is 2.05. The van der Waals surface area contributed by atoms with Crippen LogP contribution in [0.5, 0.6) is 0 Å². The predicted octanol–water partition coefficient (Wildman–Crippen LogP) is 2.95. The van der Waals surface area contributed by atoms with Crippen LogP contribution in [0.2, 0.25) is 0 Å². The number of nitrogens with zero attached hydrogens (tertiary/aromatic N) is 1. The molecule has 0 bridgehead atoms. The van der Waals surface area contributed by atoms with E-state index in [2.05, 4.69) is 4.98 Å². The Hall–Kier alpha value is -2.13. The summed E-state index contributed by atoms with van der Waals surface area (Å²) in [6, 6.07) is 15.8. The molecule has 2 heterocycles. The zero-order valence-corrected chi connectivity index (χ0v) is 9.26. The van der Waals surface area contributed by atoms with Crippen LogP contribution in [0.4, 0.5) is 0 Å². The van der Waals surface area contributed by atoms with Gasteiger partial charge in [-0.05, 0) is 24.3 Å². The molecule has 84 valence electrons. The van der Waals surface area contributed by atoms with Gasteiger partial charge in [0, 0.05) is 5.39 Å². The molecule has 0 spiro atoms. The molecule has 0 aliphatic carbocycles. The molecule has 0 atom stereocenters. The molecule has 0 saturated heterocycles. The van der Waals surface area contributed by atoms with Crippen LogP contribution >= 0.6 is 0 Å². The standard InChI is InChI=1S/C14H12N2O/c15-9-11-6-8-14(17-11)13-7-5-10-3-1-2-4-12(10)16-13/h1-8H,9,15H2. The molecule has 2 aromatic heterocycles. The number of aromatic nitrogens is 1. The summed E-state index contributed by atoms with van der Waals surface area (Å²) in [5.41, 5.74) is 7.32. The van der Waals surface area contributed by atoms with Gasteiger partial charge in [0.05, 0.1) is 12.1 Å². The largest absolute Gasteiger partial charge is 0.458 e. The molecular weight excluding hydrogens is 212 g/mol. The van der Waals surface area contributed by atoms with Crippen molar-refractivity contribution in [2.75, 3.05) is 0 Å².